The smallest absolute Gasteiger partial charge is 0.401 e. The molecule has 2 aromatic rings. The maximum absolute atomic E-state index is 12.3. The highest BCUT2D eigenvalue weighted by Crippen LogP contribution is 2.19. The van der Waals surface area contributed by atoms with Crippen LogP contribution >= 0.6 is 0 Å². The number of benzene rings is 1. The van der Waals surface area contributed by atoms with Crippen molar-refractivity contribution >= 4 is 5.96 Å². The van der Waals surface area contributed by atoms with E-state index in [-0.39, 0.29) is 0 Å². The summed E-state index contributed by atoms with van der Waals surface area (Å²) in [6.45, 7) is 4.92. The van der Waals surface area contributed by atoms with Gasteiger partial charge in [0, 0.05) is 18.7 Å². The molecule has 1 aromatic carbocycles. The summed E-state index contributed by atoms with van der Waals surface area (Å²) in [5.74, 6) is 1.13. The second-order valence-electron chi connectivity index (χ2n) is 6.84. The van der Waals surface area contributed by atoms with E-state index in [0.717, 1.165) is 11.1 Å². The van der Waals surface area contributed by atoms with Gasteiger partial charge in [0.15, 0.2) is 5.96 Å². The second-order valence-corrected chi connectivity index (χ2v) is 6.84. The minimum atomic E-state index is -4.17. The van der Waals surface area contributed by atoms with Gasteiger partial charge in [0.1, 0.15) is 12.0 Å². The first-order valence-electron chi connectivity index (χ1n) is 9.55. The average molecular weight is 411 g/mol. The minimum Gasteiger partial charge on any atom is -0.444 e. The summed E-state index contributed by atoms with van der Waals surface area (Å²) >= 11 is 0. The van der Waals surface area contributed by atoms with Gasteiger partial charge < -0.3 is 15.1 Å². The Balaban J connectivity index is 1.83. The van der Waals surface area contributed by atoms with Crippen LogP contribution in [0, 0.1) is 6.92 Å². The van der Waals surface area contributed by atoms with Crippen molar-refractivity contribution in [3.63, 3.8) is 0 Å². The summed E-state index contributed by atoms with van der Waals surface area (Å²) in [4.78, 5) is 10.2. The molecule has 2 rings (SSSR count). The number of guanidine groups is 1. The number of aryl methyl sites for hydroxylation is 1. The van der Waals surface area contributed by atoms with E-state index in [2.05, 4.69) is 20.6 Å². The zero-order valence-corrected chi connectivity index (χ0v) is 17.0. The number of nitrogens with one attached hydrogen (secondary N) is 2. The van der Waals surface area contributed by atoms with Gasteiger partial charge in [-0.25, -0.2) is 9.98 Å². The molecule has 0 unspecified atom stereocenters. The molecule has 160 valence electrons. The van der Waals surface area contributed by atoms with E-state index < -0.39 is 12.7 Å². The fourth-order valence-electron chi connectivity index (χ4n) is 2.65. The van der Waals surface area contributed by atoms with Gasteiger partial charge in [-0.1, -0.05) is 17.7 Å². The zero-order chi connectivity index (χ0) is 21.3. The molecule has 0 bridgehead atoms. The summed E-state index contributed by atoms with van der Waals surface area (Å²) in [5.41, 5.74) is 2.76. The molecular formula is C20H28F3N5O. The maximum atomic E-state index is 12.3. The Bertz CT molecular complexity index is 771. The number of halogens is 3. The molecule has 1 aromatic heterocycles. The molecular weight excluding hydrogens is 383 g/mol. The van der Waals surface area contributed by atoms with E-state index in [9.17, 15) is 13.2 Å². The first-order valence-corrected chi connectivity index (χ1v) is 9.55. The van der Waals surface area contributed by atoms with Crippen LogP contribution in [-0.4, -0.2) is 55.2 Å². The maximum Gasteiger partial charge on any atom is 0.401 e. The fraction of sp³-hybridized carbons (Fsp3) is 0.500. The van der Waals surface area contributed by atoms with Crippen molar-refractivity contribution in [3.8, 4) is 11.5 Å². The summed E-state index contributed by atoms with van der Waals surface area (Å²) in [6, 6.07) is 7.90. The Morgan fingerprint density at radius 1 is 1.21 bits per heavy atom. The number of aromatic nitrogens is 1. The number of rotatable bonds is 9. The molecule has 29 heavy (non-hydrogen) atoms. The number of alkyl halides is 3. The van der Waals surface area contributed by atoms with Crippen LogP contribution in [0.3, 0.4) is 0 Å². The molecule has 2 N–H and O–H groups in total. The van der Waals surface area contributed by atoms with Crippen LogP contribution in [0.5, 0.6) is 0 Å². The SMILES string of the molecule is CCNC(=NCc1coc(-c2ccc(C)cc2)n1)NCCCN(C)CC(F)(F)F. The van der Waals surface area contributed by atoms with Crippen molar-refractivity contribution in [1.82, 2.24) is 20.5 Å². The Morgan fingerprint density at radius 2 is 1.93 bits per heavy atom. The van der Waals surface area contributed by atoms with E-state index in [1.165, 1.54) is 11.9 Å². The lowest BCUT2D eigenvalue weighted by atomic mass is 10.1. The Hall–Kier alpha value is -2.55. The largest absolute Gasteiger partial charge is 0.444 e. The van der Waals surface area contributed by atoms with Gasteiger partial charge in [-0.15, -0.1) is 0 Å². The first-order chi connectivity index (χ1) is 13.8. The zero-order valence-electron chi connectivity index (χ0n) is 17.0. The number of nitrogens with zero attached hydrogens (tertiary/aromatic N) is 3. The molecule has 0 saturated heterocycles. The van der Waals surface area contributed by atoms with Crippen LogP contribution in [0.1, 0.15) is 24.6 Å². The van der Waals surface area contributed by atoms with E-state index in [1.807, 2.05) is 38.1 Å². The van der Waals surface area contributed by atoms with E-state index in [0.29, 0.717) is 50.1 Å². The van der Waals surface area contributed by atoms with Gasteiger partial charge in [-0.3, -0.25) is 4.90 Å². The molecule has 6 nitrogen and oxygen atoms in total. The predicted octanol–water partition coefficient (Wildman–Crippen LogP) is 3.59. The number of aliphatic imine (C=N–C) groups is 1. The summed E-state index contributed by atoms with van der Waals surface area (Å²) in [7, 11) is 1.46. The van der Waals surface area contributed by atoms with Crippen molar-refractivity contribution in [3.05, 3.63) is 41.8 Å². The second kappa shape index (κ2) is 10.8. The van der Waals surface area contributed by atoms with Crippen LogP contribution in [0.15, 0.2) is 39.9 Å². The van der Waals surface area contributed by atoms with Crippen LogP contribution in [0.4, 0.5) is 13.2 Å². The van der Waals surface area contributed by atoms with E-state index >= 15 is 0 Å². The van der Waals surface area contributed by atoms with Crippen LogP contribution in [0.25, 0.3) is 11.5 Å². The molecule has 0 fully saturated rings. The highest BCUT2D eigenvalue weighted by molar-refractivity contribution is 5.79. The average Bonchev–Trinajstić information content (AvgIpc) is 3.11. The molecule has 0 aliphatic rings. The third-order valence-electron chi connectivity index (χ3n) is 4.05. The summed E-state index contributed by atoms with van der Waals surface area (Å²) in [6.07, 6.45) is -2.03. The number of hydrogen-bond donors (Lipinski definition) is 2. The lowest BCUT2D eigenvalue weighted by Gasteiger charge is -2.18. The summed E-state index contributed by atoms with van der Waals surface area (Å²) < 4.78 is 42.5. The van der Waals surface area contributed by atoms with Gasteiger partial charge in [-0.05, 0) is 46.0 Å². The standard InChI is InChI=1S/C20H28F3N5O/c1-4-24-19(25-10-5-11-28(3)14-20(21,22)23)26-12-17-13-29-18(27-17)16-8-6-15(2)7-9-16/h6-9,13H,4-5,10-12,14H2,1-3H3,(H2,24,25,26). The van der Waals surface area contributed by atoms with E-state index in [1.54, 1.807) is 6.26 Å². The third-order valence-corrected chi connectivity index (χ3v) is 4.05. The molecule has 0 saturated carbocycles. The molecule has 0 atom stereocenters. The highest BCUT2D eigenvalue weighted by Gasteiger charge is 2.28. The van der Waals surface area contributed by atoms with Gasteiger partial charge in [-0.2, -0.15) is 13.2 Å². The van der Waals surface area contributed by atoms with Crippen molar-refractivity contribution in [2.45, 2.75) is 33.0 Å². The van der Waals surface area contributed by atoms with Gasteiger partial charge in [0.2, 0.25) is 5.89 Å². The molecule has 0 aliphatic carbocycles. The highest BCUT2D eigenvalue weighted by atomic mass is 19.4. The van der Waals surface area contributed by atoms with Gasteiger partial charge in [0.25, 0.3) is 0 Å². The lowest BCUT2D eigenvalue weighted by molar-refractivity contribution is -0.143. The van der Waals surface area contributed by atoms with Crippen molar-refractivity contribution in [2.75, 3.05) is 33.2 Å². The molecule has 0 amide bonds. The molecule has 9 heteroatoms. The minimum absolute atomic E-state index is 0.332. The first kappa shape index (κ1) is 22.7. The fourth-order valence-corrected chi connectivity index (χ4v) is 2.65. The van der Waals surface area contributed by atoms with Crippen molar-refractivity contribution in [2.24, 2.45) is 4.99 Å². The normalized spacial score (nSPS) is 12.4. The number of oxazole rings is 1. The molecule has 1 heterocycles. The van der Waals surface area contributed by atoms with Crippen molar-refractivity contribution < 1.29 is 17.6 Å². The topological polar surface area (TPSA) is 65.7 Å². The van der Waals surface area contributed by atoms with E-state index in [4.69, 9.17) is 4.42 Å². The molecule has 0 aliphatic heterocycles. The lowest BCUT2D eigenvalue weighted by Crippen LogP contribution is -2.39. The Kier molecular flexibility index (Phi) is 8.50. The Labute approximate surface area is 169 Å². The monoisotopic (exact) mass is 411 g/mol. The van der Waals surface area contributed by atoms with Crippen molar-refractivity contribution in [1.29, 1.82) is 0 Å². The predicted molar refractivity (Wildman–Crippen MR) is 108 cm³/mol. The third kappa shape index (κ3) is 8.55. The van der Waals surface area contributed by atoms with Crippen LogP contribution < -0.4 is 10.6 Å². The van der Waals surface area contributed by atoms with Crippen LogP contribution in [0.2, 0.25) is 0 Å². The quantitative estimate of drug-likeness (QED) is 0.375. The molecule has 0 spiro atoms. The van der Waals surface area contributed by atoms with Gasteiger partial charge in [0.05, 0.1) is 13.1 Å². The van der Waals surface area contributed by atoms with Crippen LogP contribution in [-0.2, 0) is 6.54 Å². The van der Waals surface area contributed by atoms with Gasteiger partial charge >= 0.3 is 6.18 Å². The number of hydrogen-bond acceptors (Lipinski definition) is 4. The Morgan fingerprint density at radius 3 is 2.59 bits per heavy atom. The summed E-state index contributed by atoms with van der Waals surface area (Å²) in [5, 5.41) is 6.24. The molecule has 0 radical (unpaired) electrons.